The van der Waals surface area contributed by atoms with Crippen LogP contribution in [0.5, 0.6) is 23.0 Å². The van der Waals surface area contributed by atoms with Gasteiger partial charge in [-0.15, -0.1) is 0 Å². The summed E-state index contributed by atoms with van der Waals surface area (Å²) < 4.78 is 33.0. The van der Waals surface area contributed by atoms with Gasteiger partial charge in [0.25, 0.3) is 0 Å². The summed E-state index contributed by atoms with van der Waals surface area (Å²) in [7, 11) is 1.41. The molecule has 3 rings (SSSR count). The molecule has 0 bridgehead atoms. The summed E-state index contributed by atoms with van der Waals surface area (Å²) in [5.41, 5.74) is 0.898. The maximum absolute atomic E-state index is 11.9. The predicted molar refractivity (Wildman–Crippen MR) is 115 cm³/mol. The third kappa shape index (κ3) is 5.70. The Morgan fingerprint density at radius 1 is 0.765 bits per heavy atom. The Morgan fingerprint density at radius 2 is 1.35 bits per heavy atom. The largest absolute Gasteiger partial charge is 0.481 e. The van der Waals surface area contributed by atoms with Crippen LogP contribution in [-0.4, -0.2) is 37.1 Å². The van der Waals surface area contributed by atoms with E-state index in [2.05, 4.69) is 0 Å². The number of hydrogen-bond acceptors (Lipinski definition) is 10. The van der Waals surface area contributed by atoms with Gasteiger partial charge in [-0.2, -0.15) is 0 Å². The van der Waals surface area contributed by atoms with Gasteiger partial charge in [-0.1, -0.05) is 12.1 Å². The third-order valence-electron chi connectivity index (χ3n) is 4.75. The SMILES string of the molecule is CO[C@H]1c2c(OC(C)=O)cc(OC(C)=O)cc2O[C@H](c2ccc(OC(C)=O)cc2)[C@H]1OC(C)=O. The van der Waals surface area contributed by atoms with E-state index in [0.717, 1.165) is 0 Å². The van der Waals surface area contributed by atoms with Crippen molar-refractivity contribution < 1.29 is 47.6 Å². The quantitative estimate of drug-likeness (QED) is 0.457. The van der Waals surface area contributed by atoms with Crippen molar-refractivity contribution in [3.63, 3.8) is 0 Å². The lowest BCUT2D eigenvalue weighted by Crippen LogP contribution is -2.39. The van der Waals surface area contributed by atoms with Crippen LogP contribution in [0, 0.1) is 0 Å². The molecule has 0 unspecified atom stereocenters. The van der Waals surface area contributed by atoms with E-state index in [1.165, 1.54) is 46.9 Å². The Morgan fingerprint density at radius 3 is 1.88 bits per heavy atom. The first-order chi connectivity index (χ1) is 16.1. The first-order valence-electron chi connectivity index (χ1n) is 10.3. The van der Waals surface area contributed by atoms with Crippen molar-refractivity contribution in [2.24, 2.45) is 0 Å². The normalized spacial score (nSPS) is 18.7. The van der Waals surface area contributed by atoms with Crippen molar-refractivity contribution in [2.45, 2.75) is 46.0 Å². The minimum atomic E-state index is -0.969. The van der Waals surface area contributed by atoms with Crippen LogP contribution in [-0.2, 0) is 28.7 Å². The molecular weight excluding hydrogens is 448 g/mol. The van der Waals surface area contributed by atoms with Crippen LogP contribution >= 0.6 is 0 Å². The van der Waals surface area contributed by atoms with Crippen molar-refractivity contribution >= 4 is 23.9 Å². The van der Waals surface area contributed by atoms with Gasteiger partial charge >= 0.3 is 23.9 Å². The molecule has 0 spiro atoms. The summed E-state index contributed by atoms with van der Waals surface area (Å²) >= 11 is 0. The smallest absolute Gasteiger partial charge is 0.308 e. The molecule has 180 valence electrons. The highest BCUT2D eigenvalue weighted by atomic mass is 16.6. The van der Waals surface area contributed by atoms with E-state index in [0.29, 0.717) is 16.9 Å². The number of carbonyl (C=O) groups excluding carboxylic acids is 4. The number of rotatable bonds is 6. The molecule has 0 saturated carbocycles. The van der Waals surface area contributed by atoms with Gasteiger partial charge < -0.3 is 28.4 Å². The summed E-state index contributed by atoms with van der Waals surface area (Å²) in [5, 5.41) is 0. The molecule has 1 aliphatic rings. The maximum atomic E-state index is 11.9. The molecule has 1 heterocycles. The molecule has 10 heteroatoms. The zero-order valence-corrected chi connectivity index (χ0v) is 19.3. The Balaban J connectivity index is 2.13. The first-order valence-corrected chi connectivity index (χ1v) is 10.3. The van der Waals surface area contributed by atoms with Gasteiger partial charge in [0.1, 0.15) is 29.1 Å². The van der Waals surface area contributed by atoms with E-state index >= 15 is 0 Å². The molecule has 34 heavy (non-hydrogen) atoms. The van der Waals surface area contributed by atoms with Crippen LogP contribution in [0.4, 0.5) is 0 Å². The number of hydrogen-bond donors (Lipinski definition) is 0. The average molecular weight is 472 g/mol. The second-order valence-corrected chi connectivity index (χ2v) is 7.45. The lowest BCUT2D eigenvalue weighted by Gasteiger charge is -2.39. The number of methoxy groups -OCH3 is 1. The molecule has 0 aromatic heterocycles. The molecule has 1 aliphatic heterocycles. The molecule has 10 nitrogen and oxygen atoms in total. The summed E-state index contributed by atoms with van der Waals surface area (Å²) in [4.78, 5) is 46.4. The zero-order valence-electron chi connectivity index (χ0n) is 19.3. The standard InChI is InChI=1S/C24H24O10/c1-12(25)30-17-8-6-16(7-9-17)22-24(33-15(4)28)23(29-5)21-19(32-14(3)27)10-18(31-13(2)26)11-20(21)34-22/h6-11,22-24H,1-5H3/t22-,23+,24-/m1/s1. The van der Waals surface area contributed by atoms with Gasteiger partial charge in [-0.3, -0.25) is 19.2 Å². The van der Waals surface area contributed by atoms with Crippen LogP contribution in [0.1, 0.15) is 51.0 Å². The molecule has 0 amide bonds. The van der Waals surface area contributed by atoms with Crippen LogP contribution in [0.3, 0.4) is 0 Å². The van der Waals surface area contributed by atoms with Crippen LogP contribution in [0.25, 0.3) is 0 Å². The van der Waals surface area contributed by atoms with Crippen LogP contribution in [0.2, 0.25) is 0 Å². The van der Waals surface area contributed by atoms with Gasteiger partial charge in [0.15, 0.2) is 12.2 Å². The second kappa shape index (κ2) is 10.3. The number of esters is 4. The van der Waals surface area contributed by atoms with Crippen molar-refractivity contribution in [3.05, 3.63) is 47.5 Å². The van der Waals surface area contributed by atoms with Crippen molar-refractivity contribution in [2.75, 3.05) is 7.11 Å². The van der Waals surface area contributed by atoms with Crippen molar-refractivity contribution in [3.8, 4) is 23.0 Å². The number of carbonyl (C=O) groups is 4. The molecule has 2 aromatic rings. The van der Waals surface area contributed by atoms with E-state index in [9.17, 15) is 19.2 Å². The fourth-order valence-corrected chi connectivity index (χ4v) is 3.66. The molecular formula is C24H24O10. The highest BCUT2D eigenvalue weighted by Gasteiger charge is 2.44. The molecule has 0 radical (unpaired) electrons. The average Bonchev–Trinajstić information content (AvgIpc) is 2.72. The Hall–Kier alpha value is -3.92. The van der Waals surface area contributed by atoms with Crippen LogP contribution in [0.15, 0.2) is 36.4 Å². The summed E-state index contributed by atoms with van der Waals surface area (Å²) in [6.45, 7) is 4.98. The topological polar surface area (TPSA) is 124 Å². The zero-order chi connectivity index (χ0) is 25.0. The Bertz CT molecular complexity index is 1110. The van der Waals surface area contributed by atoms with E-state index in [-0.39, 0.29) is 17.2 Å². The van der Waals surface area contributed by atoms with Gasteiger partial charge in [-0.05, 0) is 17.7 Å². The van der Waals surface area contributed by atoms with E-state index in [1.54, 1.807) is 24.3 Å². The molecule has 0 fully saturated rings. The van der Waals surface area contributed by atoms with Gasteiger partial charge in [0, 0.05) is 46.9 Å². The lowest BCUT2D eigenvalue weighted by molar-refractivity contribution is -0.167. The van der Waals surface area contributed by atoms with Gasteiger partial charge in [0.05, 0.1) is 5.56 Å². The Kier molecular flexibility index (Phi) is 7.52. The van der Waals surface area contributed by atoms with Crippen molar-refractivity contribution in [1.82, 2.24) is 0 Å². The molecule has 0 N–H and O–H groups in total. The van der Waals surface area contributed by atoms with E-state index in [1.807, 2.05) is 0 Å². The maximum Gasteiger partial charge on any atom is 0.308 e. The Labute approximate surface area is 195 Å². The highest BCUT2D eigenvalue weighted by molar-refractivity contribution is 5.73. The highest BCUT2D eigenvalue weighted by Crippen LogP contribution is 2.50. The second-order valence-electron chi connectivity index (χ2n) is 7.45. The van der Waals surface area contributed by atoms with Crippen LogP contribution < -0.4 is 18.9 Å². The minimum absolute atomic E-state index is 0.0360. The van der Waals surface area contributed by atoms with Gasteiger partial charge in [-0.25, -0.2) is 0 Å². The lowest BCUT2D eigenvalue weighted by atomic mass is 9.91. The molecule has 0 saturated heterocycles. The van der Waals surface area contributed by atoms with E-state index in [4.69, 9.17) is 28.4 Å². The number of ether oxygens (including phenoxy) is 6. The molecule has 0 aliphatic carbocycles. The van der Waals surface area contributed by atoms with Crippen molar-refractivity contribution in [1.29, 1.82) is 0 Å². The summed E-state index contributed by atoms with van der Waals surface area (Å²) in [6, 6.07) is 9.26. The monoisotopic (exact) mass is 472 g/mol. The minimum Gasteiger partial charge on any atom is -0.481 e. The third-order valence-corrected chi connectivity index (χ3v) is 4.75. The van der Waals surface area contributed by atoms with Gasteiger partial charge in [0.2, 0.25) is 0 Å². The fourth-order valence-electron chi connectivity index (χ4n) is 3.66. The first kappa shape index (κ1) is 24.7. The fraction of sp³-hybridized carbons (Fsp3) is 0.333. The summed E-state index contributed by atoms with van der Waals surface area (Å²) in [5.74, 6) is -1.59. The number of fused-ring (bicyclic) bond motifs is 1. The molecule has 2 aromatic carbocycles. The van der Waals surface area contributed by atoms with E-state index < -0.39 is 42.2 Å². The predicted octanol–water partition coefficient (Wildman–Crippen LogP) is 3.22. The summed E-state index contributed by atoms with van der Waals surface area (Å²) in [6.07, 6.45) is -2.72. The number of benzene rings is 2. The molecule has 3 atom stereocenters.